The van der Waals surface area contributed by atoms with Crippen molar-refractivity contribution in [1.29, 1.82) is 10.5 Å². The van der Waals surface area contributed by atoms with E-state index >= 15 is 0 Å². The van der Waals surface area contributed by atoms with E-state index < -0.39 is 16.7 Å². The van der Waals surface area contributed by atoms with Gasteiger partial charge in [0.25, 0.3) is 0 Å². The minimum Gasteiger partial charge on any atom is -0.298 e. The van der Waals surface area contributed by atoms with Gasteiger partial charge in [0, 0.05) is 5.92 Å². The van der Waals surface area contributed by atoms with Crippen molar-refractivity contribution >= 4 is 11.6 Å². The van der Waals surface area contributed by atoms with E-state index in [0.717, 1.165) is 12.0 Å². The first-order chi connectivity index (χ1) is 11.3. The molecule has 0 amide bonds. The molecule has 0 aliphatic heterocycles. The van der Waals surface area contributed by atoms with Gasteiger partial charge in [0.2, 0.25) is 0 Å². The smallest absolute Gasteiger partial charge is 0.196 e. The van der Waals surface area contributed by atoms with Crippen molar-refractivity contribution in [1.82, 2.24) is 0 Å². The van der Waals surface area contributed by atoms with Gasteiger partial charge in [0.1, 0.15) is 12.0 Å². The SMILES string of the molecule is C#C[C@]12C=C(C#N)C(=O)C=C1[C@@]1(C)CC(C#N)C(=O)[C@H](C)C1CC2. The summed E-state index contributed by atoms with van der Waals surface area (Å²) in [4.78, 5) is 24.7. The number of hydrogen-bond donors (Lipinski definition) is 0. The third kappa shape index (κ3) is 1.92. The number of carbonyl (C=O) groups is 2. The summed E-state index contributed by atoms with van der Waals surface area (Å²) in [7, 11) is 0. The maximum absolute atomic E-state index is 12.4. The standard InChI is InChI=1S/C20H18N2O2/c1-4-20-6-5-15-12(2)18(24)14(11-22)8-19(15,3)17(20)7-16(23)13(9-20)10-21/h1,7,9,12,14-15H,5-6,8H2,2-3H3/t12-,14?,15?,19+,20+/m1/s1. The quantitative estimate of drug-likeness (QED) is 0.643. The lowest BCUT2D eigenvalue weighted by Crippen LogP contribution is -2.52. The Bertz CT molecular complexity index is 829. The summed E-state index contributed by atoms with van der Waals surface area (Å²) in [6.07, 6.45) is 10.7. The molecular weight excluding hydrogens is 300 g/mol. The molecule has 2 fully saturated rings. The molecule has 2 unspecified atom stereocenters. The largest absolute Gasteiger partial charge is 0.298 e. The molecule has 0 aromatic rings. The van der Waals surface area contributed by atoms with E-state index in [1.165, 1.54) is 6.08 Å². The fourth-order valence-corrected chi connectivity index (χ4v) is 5.01. The van der Waals surface area contributed by atoms with Gasteiger partial charge >= 0.3 is 0 Å². The number of Topliss-reactive ketones (excluding diaryl/α,β-unsaturated/α-hetero) is 1. The molecule has 3 aliphatic carbocycles. The number of terminal acetylenes is 1. The summed E-state index contributed by atoms with van der Waals surface area (Å²) >= 11 is 0. The minimum atomic E-state index is -0.760. The molecule has 120 valence electrons. The second-order valence-electron chi connectivity index (χ2n) is 7.35. The highest BCUT2D eigenvalue weighted by Crippen LogP contribution is 2.62. The summed E-state index contributed by atoms with van der Waals surface area (Å²) in [5, 5.41) is 18.6. The number of rotatable bonds is 0. The van der Waals surface area contributed by atoms with Crippen LogP contribution in [0.5, 0.6) is 0 Å². The Morgan fingerprint density at radius 3 is 2.62 bits per heavy atom. The highest BCUT2D eigenvalue weighted by Gasteiger charge is 2.58. The van der Waals surface area contributed by atoms with Crippen LogP contribution in [0.4, 0.5) is 0 Å². The molecule has 0 aromatic carbocycles. The van der Waals surface area contributed by atoms with Crippen molar-refractivity contribution < 1.29 is 9.59 Å². The highest BCUT2D eigenvalue weighted by molar-refractivity contribution is 6.09. The molecule has 0 bridgehead atoms. The zero-order valence-electron chi connectivity index (χ0n) is 13.8. The third-order valence-electron chi connectivity index (χ3n) is 6.25. The van der Waals surface area contributed by atoms with Crippen LogP contribution in [0.25, 0.3) is 0 Å². The average Bonchev–Trinajstić information content (AvgIpc) is 2.58. The molecule has 0 radical (unpaired) electrons. The Morgan fingerprint density at radius 1 is 1.33 bits per heavy atom. The van der Waals surface area contributed by atoms with Gasteiger partial charge in [-0.25, -0.2) is 0 Å². The van der Waals surface area contributed by atoms with Gasteiger partial charge in [-0.1, -0.05) is 19.8 Å². The first-order valence-electron chi connectivity index (χ1n) is 8.14. The van der Waals surface area contributed by atoms with Crippen molar-refractivity contribution in [2.45, 2.75) is 33.1 Å². The Balaban J connectivity index is 2.18. The van der Waals surface area contributed by atoms with Gasteiger partial charge in [-0.15, -0.1) is 6.42 Å². The zero-order valence-corrected chi connectivity index (χ0v) is 13.8. The van der Waals surface area contributed by atoms with Crippen molar-refractivity contribution in [3.63, 3.8) is 0 Å². The molecule has 0 aromatic heterocycles. The minimum absolute atomic E-state index is 0.0100. The molecule has 0 heterocycles. The van der Waals surface area contributed by atoms with E-state index in [1.54, 1.807) is 6.08 Å². The van der Waals surface area contributed by atoms with Crippen LogP contribution in [0.3, 0.4) is 0 Å². The molecule has 4 heteroatoms. The molecule has 24 heavy (non-hydrogen) atoms. The number of allylic oxidation sites excluding steroid dienone is 4. The molecule has 3 aliphatic rings. The fraction of sp³-hybridized carbons (Fsp3) is 0.500. The van der Waals surface area contributed by atoms with Gasteiger partial charge in [-0.3, -0.25) is 9.59 Å². The van der Waals surface area contributed by atoms with Crippen LogP contribution in [0.2, 0.25) is 0 Å². The van der Waals surface area contributed by atoms with E-state index in [4.69, 9.17) is 6.42 Å². The van der Waals surface area contributed by atoms with Crippen molar-refractivity contribution in [2.75, 3.05) is 0 Å². The number of carbonyl (C=O) groups excluding carboxylic acids is 2. The second kappa shape index (κ2) is 5.19. The summed E-state index contributed by atoms with van der Waals surface area (Å²) in [5.74, 6) is 1.61. The van der Waals surface area contributed by atoms with E-state index in [9.17, 15) is 20.1 Å². The van der Waals surface area contributed by atoms with E-state index in [0.29, 0.717) is 12.8 Å². The third-order valence-corrected chi connectivity index (χ3v) is 6.25. The van der Waals surface area contributed by atoms with Crippen molar-refractivity contribution in [3.05, 3.63) is 23.3 Å². The van der Waals surface area contributed by atoms with E-state index in [2.05, 4.69) is 12.0 Å². The molecule has 0 N–H and O–H groups in total. The number of nitriles is 2. The summed E-state index contributed by atoms with van der Waals surface area (Å²) in [6, 6.07) is 4.05. The lowest BCUT2D eigenvalue weighted by Gasteiger charge is -2.56. The maximum atomic E-state index is 12.4. The van der Waals surface area contributed by atoms with Crippen LogP contribution < -0.4 is 0 Å². The van der Waals surface area contributed by atoms with E-state index in [1.807, 2.05) is 19.9 Å². The number of hydrogen-bond acceptors (Lipinski definition) is 4. The maximum Gasteiger partial charge on any atom is 0.196 e. The van der Waals surface area contributed by atoms with Crippen LogP contribution in [-0.2, 0) is 9.59 Å². The van der Waals surface area contributed by atoms with Crippen LogP contribution in [0.1, 0.15) is 33.1 Å². The molecule has 0 saturated heterocycles. The van der Waals surface area contributed by atoms with Crippen LogP contribution in [0, 0.1) is 63.6 Å². The predicted molar refractivity (Wildman–Crippen MR) is 86.8 cm³/mol. The molecule has 3 rings (SSSR count). The second-order valence-corrected chi connectivity index (χ2v) is 7.35. The van der Waals surface area contributed by atoms with Gasteiger partial charge < -0.3 is 0 Å². The number of ketones is 2. The monoisotopic (exact) mass is 318 g/mol. The van der Waals surface area contributed by atoms with Crippen LogP contribution in [0.15, 0.2) is 23.3 Å². The van der Waals surface area contributed by atoms with Crippen LogP contribution in [-0.4, -0.2) is 11.6 Å². The fourth-order valence-electron chi connectivity index (χ4n) is 5.01. The molecule has 5 atom stereocenters. The molecule has 4 nitrogen and oxygen atoms in total. The molecule has 0 spiro atoms. The first-order valence-corrected chi connectivity index (χ1v) is 8.14. The Hall–Kier alpha value is -2.64. The predicted octanol–water partition coefficient (Wildman–Crippen LogP) is 2.73. The van der Waals surface area contributed by atoms with Crippen molar-refractivity contribution in [2.24, 2.45) is 28.6 Å². The Morgan fingerprint density at radius 2 is 2.04 bits per heavy atom. The van der Waals surface area contributed by atoms with Gasteiger partial charge in [-0.2, -0.15) is 10.5 Å². The highest BCUT2D eigenvalue weighted by atomic mass is 16.1. The average molecular weight is 318 g/mol. The first kappa shape index (κ1) is 16.2. The lowest BCUT2D eigenvalue weighted by molar-refractivity contribution is -0.134. The van der Waals surface area contributed by atoms with Crippen LogP contribution >= 0.6 is 0 Å². The number of nitrogens with zero attached hydrogens (tertiary/aromatic N) is 2. The van der Waals surface area contributed by atoms with Gasteiger partial charge in [0.05, 0.1) is 17.1 Å². The van der Waals surface area contributed by atoms with Crippen molar-refractivity contribution in [3.8, 4) is 24.5 Å². The zero-order chi connectivity index (χ0) is 17.7. The molecular formula is C20H18N2O2. The topological polar surface area (TPSA) is 81.7 Å². The Labute approximate surface area is 141 Å². The Kier molecular flexibility index (Phi) is 3.51. The summed E-state index contributed by atoms with van der Waals surface area (Å²) < 4.78 is 0. The normalized spacial score (nSPS) is 40.9. The van der Waals surface area contributed by atoms with Gasteiger partial charge in [0.15, 0.2) is 11.6 Å². The lowest BCUT2D eigenvalue weighted by atomic mass is 9.46. The molecule has 2 saturated carbocycles. The number of fused-ring (bicyclic) bond motifs is 3. The van der Waals surface area contributed by atoms with Gasteiger partial charge in [-0.05, 0) is 48.3 Å². The summed E-state index contributed by atoms with van der Waals surface area (Å²) in [6.45, 7) is 3.89. The summed E-state index contributed by atoms with van der Waals surface area (Å²) in [5.41, 5.74) is -0.358. The van der Waals surface area contributed by atoms with E-state index in [-0.39, 0.29) is 29.0 Å².